The summed E-state index contributed by atoms with van der Waals surface area (Å²) in [5, 5.41) is 14.2. The number of aromatic nitrogens is 2. The summed E-state index contributed by atoms with van der Waals surface area (Å²) in [4.78, 5) is 20.5. The molecule has 2 N–H and O–H groups in total. The van der Waals surface area contributed by atoms with Gasteiger partial charge in [-0.2, -0.15) is 5.10 Å². The van der Waals surface area contributed by atoms with Crippen molar-refractivity contribution in [2.24, 2.45) is 0 Å². The van der Waals surface area contributed by atoms with E-state index in [2.05, 4.69) is 10.4 Å². The Morgan fingerprint density at radius 2 is 1.81 bits per heavy atom. The third-order valence-electron chi connectivity index (χ3n) is 4.80. The lowest BCUT2D eigenvalue weighted by molar-refractivity contribution is -0.123. The van der Waals surface area contributed by atoms with E-state index in [1.807, 2.05) is 4.68 Å². The van der Waals surface area contributed by atoms with Crippen molar-refractivity contribution in [2.45, 2.75) is 44.1 Å². The number of nitrogens with one attached hydrogen (secondary N) is 1. The first-order valence-electron chi connectivity index (χ1n) is 8.44. The number of anilines is 1. The molecule has 2 aromatic rings. The van der Waals surface area contributed by atoms with Crippen molar-refractivity contribution in [1.82, 2.24) is 9.78 Å². The molecule has 1 aliphatic carbocycles. The number of carboxylic acid groups (broad SMARTS) is 1. The Morgan fingerprint density at radius 3 is 2.42 bits per heavy atom. The second-order valence-corrected chi connectivity index (χ2v) is 6.44. The van der Waals surface area contributed by atoms with Crippen LogP contribution in [0.25, 0.3) is 0 Å². The SMILES string of the molecule is O=C1CC(c2cc(F)cc(F)c2)c2cnn(C3CCCC3)c2N1.O=CO. The predicted molar refractivity (Wildman–Crippen MR) is 89.9 cm³/mol. The minimum Gasteiger partial charge on any atom is -0.483 e. The monoisotopic (exact) mass is 363 g/mol. The highest BCUT2D eigenvalue weighted by Gasteiger charge is 2.32. The van der Waals surface area contributed by atoms with Gasteiger partial charge in [0, 0.05) is 24.0 Å². The molecule has 1 aromatic carbocycles. The number of carbonyl (C=O) groups excluding carboxylic acids is 1. The van der Waals surface area contributed by atoms with Crippen LogP contribution in [0, 0.1) is 11.6 Å². The summed E-state index contributed by atoms with van der Waals surface area (Å²) in [5.41, 5.74) is 1.31. The van der Waals surface area contributed by atoms with E-state index in [9.17, 15) is 13.6 Å². The molecule has 0 bridgehead atoms. The molecule has 1 fully saturated rings. The third kappa shape index (κ3) is 3.58. The molecule has 1 unspecified atom stereocenters. The predicted octanol–water partition coefficient (Wildman–Crippen LogP) is 3.45. The van der Waals surface area contributed by atoms with Crippen LogP contribution in [-0.2, 0) is 9.59 Å². The highest BCUT2D eigenvalue weighted by atomic mass is 19.1. The lowest BCUT2D eigenvalue weighted by Crippen LogP contribution is -2.25. The van der Waals surface area contributed by atoms with E-state index in [0.29, 0.717) is 17.4 Å². The van der Waals surface area contributed by atoms with Crippen molar-refractivity contribution in [3.05, 3.63) is 47.2 Å². The number of fused-ring (bicyclic) bond motifs is 1. The number of rotatable bonds is 2. The summed E-state index contributed by atoms with van der Waals surface area (Å²) in [7, 11) is 0. The molecule has 4 rings (SSSR count). The Kier molecular flexibility index (Phi) is 5.29. The van der Waals surface area contributed by atoms with Gasteiger partial charge in [-0.05, 0) is 30.5 Å². The fraction of sp³-hybridized carbons (Fsp3) is 0.389. The van der Waals surface area contributed by atoms with E-state index < -0.39 is 11.6 Å². The van der Waals surface area contributed by atoms with Gasteiger partial charge in [0.1, 0.15) is 17.5 Å². The summed E-state index contributed by atoms with van der Waals surface area (Å²) < 4.78 is 29.0. The smallest absolute Gasteiger partial charge is 0.290 e. The van der Waals surface area contributed by atoms with Crippen LogP contribution in [0.5, 0.6) is 0 Å². The van der Waals surface area contributed by atoms with Crippen LogP contribution in [0.3, 0.4) is 0 Å². The Balaban J connectivity index is 0.000000613. The number of hydrogen-bond acceptors (Lipinski definition) is 3. The van der Waals surface area contributed by atoms with Crippen LogP contribution in [-0.4, -0.2) is 27.3 Å². The highest BCUT2D eigenvalue weighted by molar-refractivity contribution is 5.94. The average molecular weight is 363 g/mol. The van der Waals surface area contributed by atoms with Crippen molar-refractivity contribution in [2.75, 3.05) is 5.32 Å². The Hall–Kier alpha value is -2.77. The zero-order valence-corrected chi connectivity index (χ0v) is 14.0. The maximum Gasteiger partial charge on any atom is 0.290 e. The van der Waals surface area contributed by atoms with Gasteiger partial charge in [0.2, 0.25) is 5.91 Å². The van der Waals surface area contributed by atoms with Crippen molar-refractivity contribution in [1.29, 1.82) is 0 Å². The van der Waals surface area contributed by atoms with Gasteiger partial charge in [-0.25, -0.2) is 13.5 Å². The first kappa shape index (κ1) is 18.0. The summed E-state index contributed by atoms with van der Waals surface area (Å²) in [6.45, 7) is -0.250. The topological polar surface area (TPSA) is 84.2 Å². The standard InChI is InChI=1S/C17H17F2N3O.CH2O2/c18-11-5-10(6-12(19)7-11)14-8-16(23)21-17-15(14)9-20-22(17)13-3-1-2-4-13;2-1-3/h5-7,9,13-14H,1-4,8H2,(H,21,23);1H,(H,2,3). The van der Waals surface area contributed by atoms with Gasteiger partial charge in [0.05, 0.1) is 12.2 Å². The lowest BCUT2D eigenvalue weighted by atomic mass is 9.87. The highest BCUT2D eigenvalue weighted by Crippen LogP contribution is 2.40. The number of benzene rings is 1. The van der Waals surface area contributed by atoms with Gasteiger partial charge in [-0.1, -0.05) is 12.8 Å². The maximum absolute atomic E-state index is 13.5. The molecule has 0 spiro atoms. The third-order valence-corrected chi connectivity index (χ3v) is 4.80. The Morgan fingerprint density at radius 1 is 1.19 bits per heavy atom. The Labute approximate surface area is 148 Å². The van der Waals surface area contributed by atoms with Crippen LogP contribution in [0.2, 0.25) is 0 Å². The van der Waals surface area contributed by atoms with Crippen LogP contribution in [0.1, 0.15) is 55.2 Å². The molecule has 1 aromatic heterocycles. The molecule has 1 aliphatic heterocycles. The molecule has 8 heteroatoms. The van der Waals surface area contributed by atoms with Gasteiger partial charge < -0.3 is 10.4 Å². The molecular weight excluding hydrogens is 344 g/mol. The second-order valence-electron chi connectivity index (χ2n) is 6.44. The molecule has 6 nitrogen and oxygen atoms in total. The minimum atomic E-state index is -0.629. The van der Waals surface area contributed by atoms with Crippen LogP contribution >= 0.6 is 0 Å². The van der Waals surface area contributed by atoms with Gasteiger partial charge in [-0.15, -0.1) is 0 Å². The van der Waals surface area contributed by atoms with E-state index in [0.717, 1.165) is 37.3 Å². The number of hydrogen-bond donors (Lipinski definition) is 2. The quantitative estimate of drug-likeness (QED) is 0.801. The van der Waals surface area contributed by atoms with Crippen LogP contribution < -0.4 is 5.32 Å². The molecule has 138 valence electrons. The zero-order valence-electron chi connectivity index (χ0n) is 14.0. The van der Waals surface area contributed by atoms with Crippen molar-refractivity contribution in [3.8, 4) is 0 Å². The van der Waals surface area contributed by atoms with E-state index in [1.165, 1.54) is 12.1 Å². The number of carbonyl (C=O) groups is 2. The van der Waals surface area contributed by atoms with Crippen LogP contribution in [0.4, 0.5) is 14.6 Å². The first-order chi connectivity index (χ1) is 12.5. The summed E-state index contributed by atoms with van der Waals surface area (Å²) in [6, 6.07) is 3.73. The largest absolute Gasteiger partial charge is 0.483 e. The molecule has 1 amide bonds. The molecule has 0 radical (unpaired) electrons. The summed E-state index contributed by atoms with van der Waals surface area (Å²) in [5.74, 6) is -1.08. The van der Waals surface area contributed by atoms with Gasteiger partial charge in [-0.3, -0.25) is 9.59 Å². The lowest BCUT2D eigenvalue weighted by Gasteiger charge is -2.25. The number of nitrogens with zero attached hydrogens (tertiary/aromatic N) is 2. The van der Waals surface area contributed by atoms with Crippen molar-refractivity contribution >= 4 is 18.2 Å². The number of amides is 1. The molecule has 2 aliphatic rings. The molecule has 2 heterocycles. The summed E-state index contributed by atoms with van der Waals surface area (Å²) in [6.07, 6.45) is 6.30. The van der Waals surface area contributed by atoms with E-state index >= 15 is 0 Å². The second kappa shape index (κ2) is 7.63. The average Bonchev–Trinajstić information content (AvgIpc) is 3.22. The van der Waals surface area contributed by atoms with E-state index in [-0.39, 0.29) is 24.7 Å². The van der Waals surface area contributed by atoms with E-state index in [4.69, 9.17) is 9.90 Å². The maximum atomic E-state index is 13.5. The zero-order chi connectivity index (χ0) is 18.7. The Bertz CT molecular complexity index is 796. The first-order valence-corrected chi connectivity index (χ1v) is 8.44. The van der Waals surface area contributed by atoms with Gasteiger partial charge in [0.15, 0.2) is 0 Å². The molecular formula is C18H19F2N3O3. The molecule has 1 saturated carbocycles. The molecule has 1 atom stereocenters. The minimum absolute atomic E-state index is 0.146. The van der Waals surface area contributed by atoms with Crippen LogP contribution in [0.15, 0.2) is 24.4 Å². The summed E-state index contributed by atoms with van der Waals surface area (Å²) >= 11 is 0. The molecule has 0 saturated heterocycles. The normalized spacial score (nSPS) is 19.3. The van der Waals surface area contributed by atoms with Crippen molar-refractivity contribution in [3.63, 3.8) is 0 Å². The van der Waals surface area contributed by atoms with Gasteiger partial charge >= 0.3 is 0 Å². The van der Waals surface area contributed by atoms with E-state index in [1.54, 1.807) is 6.20 Å². The van der Waals surface area contributed by atoms with Gasteiger partial charge in [0.25, 0.3) is 6.47 Å². The molecule has 26 heavy (non-hydrogen) atoms. The number of halogens is 2. The van der Waals surface area contributed by atoms with Crippen molar-refractivity contribution < 1.29 is 23.5 Å². The fourth-order valence-electron chi connectivity index (χ4n) is 3.74. The fourth-order valence-corrected chi connectivity index (χ4v) is 3.74.